The largest absolute Gasteiger partial charge is 0.487 e. The molecule has 22 heavy (non-hydrogen) atoms. The molecule has 0 saturated carbocycles. The van der Waals surface area contributed by atoms with Crippen molar-refractivity contribution in [2.75, 3.05) is 0 Å². The predicted octanol–water partition coefficient (Wildman–Crippen LogP) is 3.96. The number of pyridine rings is 1. The fourth-order valence-corrected chi connectivity index (χ4v) is 2.94. The predicted molar refractivity (Wildman–Crippen MR) is 77.3 cm³/mol. The lowest BCUT2D eigenvalue weighted by molar-refractivity contribution is -0.136. The Labute approximate surface area is 125 Å². The fraction of sp³-hybridized carbons (Fsp3) is 0.438. The summed E-state index contributed by atoms with van der Waals surface area (Å²) in [4.78, 5) is 14.1. The van der Waals surface area contributed by atoms with Crippen LogP contribution >= 0.6 is 0 Å². The van der Waals surface area contributed by atoms with E-state index in [2.05, 4.69) is 4.98 Å². The number of rotatable bonds is 0. The Bertz CT molecular complexity index is 819. The molecule has 0 saturated heterocycles. The Hall–Kier alpha value is -1.98. The summed E-state index contributed by atoms with van der Waals surface area (Å²) >= 11 is 0. The van der Waals surface area contributed by atoms with Crippen LogP contribution in [0, 0.1) is 6.92 Å². The zero-order valence-electron chi connectivity index (χ0n) is 12.5. The van der Waals surface area contributed by atoms with E-state index in [9.17, 15) is 18.0 Å². The van der Waals surface area contributed by atoms with E-state index >= 15 is 0 Å². The molecule has 1 aliphatic heterocycles. The number of nitrogens with one attached hydrogen (secondary N) is 1. The van der Waals surface area contributed by atoms with E-state index in [1.165, 1.54) is 6.07 Å². The van der Waals surface area contributed by atoms with Crippen molar-refractivity contribution in [1.29, 1.82) is 0 Å². The van der Waals surface area contributed by atoms with Gasteiger partial charge >= 0.3 is 6.18 Å². The zero-order chi connectivity index (χ0) is 16.3. The van der Waals surface area contributed by atoms with E-state index in [1.54, 1.807) is 6.92 Å². The van der Waals surface area contributed by atoms with E-state index in [-0.39, 0.29) is 16.5 Å². The van der Waals surface area contributed by atoms with E-state index in [0.717, 1.165) is 12.0 Å². The molecule has 0 amide bonds. The Balaban J connectivity index is 2.37. The molecule has 118 valence electrons. The van der Waals surface area contributed by atoms with Crippen molar-refractivity contribution in [3.05, 3.63) is 39.2 Å². The second-order valence-electron chi connectivity index (χ2n) is 6.32. The molecule has 0 fully saturated rings. The third-order valence-corrected chi connectivity index (χ3v) is 4.09. The number of ether oxygens (including phenoxy) is 1. The van der Waals surface area contributed by atoms with Crippen molar-refractivity contribution in [2.24, 2.45) is 0 Å². The molecule has 0 unspecified atom stereocenters. The smallest absolute Gasteiger partial charge is 0.417 e. The standard InChI is InChI=1S/C16H16F3NO2/c1-8-13-10(11(16(17,18)19)7-12(21)20-13)6-9-4-5-15(2,3)22-14(8)9/h6-7H,4-5H2,1-3H3,(H,20,21). The van der Waals surface area contributed by atoms with Gasteiger partial charge in [-0.25, -0.2) is 0 Å². The van der Waals surface area contributed by atoms with Gasteiger partial charge in [-0.1, -0.05) is 0 Å². The summed E-state index contributed by atoms with van der Waals surface area (Å²) < 4.78 is 45.5. The number of halogens is 3. The fourth-order valence-electron chi connectivity index (χ4n) is 2.94. The van der Waals surface area contributed by atoms with Gasteiger partial charge in [0.1, 0.15) is 11.4 Å². The third-order valence-electron chi connectivity index (χ3n) is 4.09. The highest BCUT2D eigenvalue weighted by molar-refractivity contribution is 5.88. The number of benzene rings is 1. The van der Waals surface area contributed by atoms with Crippen molar-refractivity contribution >= 4 is 10.9 Å². The second kappa shape index (κ2) is 4.51. The van der Waals surface area contributed by atoms with E-state index in [4.69, 9.17) is 4.74 Å². The summed E-state index contributed by atoms with van der Waals surface area (Å²) in [6.45, 7) is 5.56. The van der Waals surface area contributed by atoms with Crippen molar-refractivity contribution < 1.29 is 17.9 Å². The molecule has 0 bridgehead atoms. The number of alkyl halides is 3. The van der Waals surface area contributed by atoms with E-state index < -0.39 is 17.3 Å². The lowest BCUT2D eigenvalue weighted by Crippen LogP contribution is -2.33. The van der Waals surface area contributed by atoms with Crippen LogP contribution in [0.25, 0.3) is 10.9 Å². The van der Waals surface area contributed by atoms with Crippen LogP contribution in [-0.4, -0.2) is 10.6 Å². The first-order valence-electron chi connectivity index (χ1n) is 7.04. The van der Waals surface area contributed by atoms with Gasteiger partial charge in [0.05, 0.1) is 11.1 Å². The summed E-state index contributed by atoms with van der Waals surface area (Å²) in [6.07, 6.45) is -3.19. The van der Waals surface area contributed by atoms with Crippen LogP contribution in [0.5, 0.6) is 5.75 Å². The molecule has 0 spiro atoms. The summed E-state index contributed by atoms with van der Waals surface area (Å²) in [7, 11) is 0. The molecule has 3 nitrogen and oxygen atoms in total. The molecule has 0 atom stereocenters. The first-order chi connectivity index (χ1) is 10.1. The maximum absolute atomic E-state index is 13.2. The van der Waals surface area contributed by atoms with Crippen molar-refractivity contribution in [3.8, 4) is 5.75 Å². The minimum Gasteiger partial charge on any atom is -0.487 e. The molecule has 0 aliphatic carbocycles. The summed E-state index contributed by atoms with van der Waals surface area (Å²) in [5.41, 5.74) is -0.547. The quantitative estimate of drug-likeness (QED) is 0.800. The van der Waals surface area contributed by atoms with Crippen LogP contribution in [0.3, 0.4) is 0 Å². The highest BCUT2D eigenvalue weighted by atomic mass is 19.4. The van der Waals surface area contributed by atoms with Crippen LogP contribution in [0.1, 0.15) is 37.0 Å². The van der Waals surface area contributed by atoms with Crippen LogP contribution in [0.2, 0.25) is 0 Å². The molecule has 3 rings (SSSR count). The molecule has 0 radical (unpaired) electrons. The normalized spacial score (nSPS) is 17.2. The molecule has 2 heterocycles. The Morgan fingerprint density at radius 2 is 1.95 bits per heavy atom. The summed E-state index contributed by atoms with van der Waals surface area (Å²) in [6, 6.07) is 2.10. The molecule has 2 aromatic rings. The van der Waals surface area contributed by atoms with Crippen molar-refractivity contribution in [2.45, 2.75) is 45.4 Å². The maximum atomic E-state index is 13.2. The number of H-pyrrole nitrogens is 1. The van der Waals surface area contributed by atoms with Crippen molar-refractivity contribution in [1.82, 2.24) is 4.98 Å². The van der Waals surface area contributed by atoms with Gasteiger partial charge in [-0.2, -0.15) is 13.2 Å². The second-order valence-corrected chi connectivity index (χ2v) is 6.32. The van der Waals surface area contributed by atoms with Crippen LogP contribution in [-0.2, 0) is 12.6 Å². The van der Waals surface area contributed by atoms with E-state index in [0.29, 0.717) is 23.8 Å². The van der Waals surface area contributed by atoms with Gasteiger partial charge in [-0.15, -0.1) is 0 Å². The molecule has 1 aromatic carbocycles. The van der Waals surface area contributed by atoms with Crippen LogP contribution in [0.15, 0.2) is 16.9 Å². The SMILES string of the molecule is Cc1c2c(cc3c(C(F)(F)F)cc(=O)[nH]c13)CCC(C)(C)O2. The molecular weight excluding hydrogens is 295 g/mol. The maximum Gasteiger partial charge on any atom is 0.417 e. The van der Waals surface area contributed by atoms with E-state index in [1.807, 2.05) is 13.8 Å². The van der Waals surface area contributed by atoms with Gasteiger partial charge in [0, 0.05) is 17.0 Å². The molecule has 1 aliphatic rings. The number of hydrogen-bond donors (Lipinski definition) is 1. The van der Waals surface area contributed by atoms with Gasteiger partial charge < -0.3 is 9.72 Å². The van der Waals surface area contributed by atoms with Gasteiger partial charge in [0.25, 0.3) is 0 Å². The molecule has 1 N–H and O–H groups in total. The highest BCUT2D eigenvalue weighted by Gasteiger charge is 2.35. The number of hydrogen-bond acceptors (Lipinski definition) is 2. The summed E-state index contributed by atoms with van der Waals surface area (Å²) in [5, 5.41) is 0.0201. The first kappa shape index (κ1) is 14.9. The van der Waals surface area contributed by atoms with Gasteiger partial charge in [-0.3, -0.25) is 4.79 Å². The average molecular weight is 311 g/mol. The zero-order valence-corrected chi connectivity index (χ0v) is 12.5. The average Bonchev–Trinajstić information content (AvgIpc) is 2.38. The summed E-state index contributed by atoms with van der Waals surface area (Å²) in [5.74, 6) is 0.582. The van der Waals surface area contributed by atoms with Gasteiger partial charge in [0.2, 0.25) is 5.56 Å². The Kier molecular flexibility index (Phi) is 3.06. The van der Waals surface area contributed by atoms with Gasteiger partial charge in [-0.05, 0) is 45.2 Å². The highest BCUT2D eigenvalue weighted by Crippen LogP contribution is 2.41. The lowest BCUT2D eigenvalue weighted by atomic mass is 9.90. The Morgan fingerprint density at radius 3 is 2.59 bits per heavy atom. The van der Waals surface area contributed by atoms with Gasteiger partial charge in [0.15, 0.2) is 0 Å². The first-order valence-corrected chi connectivity index (χ1v) is 7.04. The molecule has 6 heteroatoms. The molecular formula is C16H16F3NO2. The molecule has 1 aromatic heterocycles. The minimum atomic E-state index is -4.57. The topological polar surface area (TPSA) is 42.1 Å². The van der Waals surface area contributed by atoms with Crippen LogP contribution in [0.4, 0.5) is 13.2 Å². The lowest BCUT2D eigenvalue weighted by Gasteiger charge is -2.34. The monoisotopic (exact) mass is 311 g/mol. The number of fused-ring (bicyclic) bond motifs is 2. The van der Waals surface area contributed by atoms with Crippen LogP contribution < -0.4 is 10.3 Å². The number of aromatic nitrogens is 1. The minimum absolute atomic E-state index is 0.0201. The Morgan fingerprint density at radius 1 is 1.27 bits per heavy atom. The number of aromatic amines is 1. The number of aryl methyl sites for hydroxylation is 2. The third kappa shape index (κ3) is 2.36. The van der Waals surface area contributed by atoms with Crippen molar-refractivity contribution in [3.63, 3.8) is 0 Å².